The van der Waals surface area contributed by atoms with E-state index >= 15 is 0 Å². The van der Waals surface area contributed by atoms with E-state index in [-0.39, 0.29) is 14.9 Å². The summed E-state index contributed by atoms with van der Waals surface area (Å²) in [5.41, 5.74) is 3.53. The van der Waals surface area contributed by atoms with Crippen molar-refractivity contribution in [3.63, 3.8) is 0 Å². The fourth-order valence-electron chi connectivity index (χ4n) is 2.36. The summed E-state index contributed by atoms with van der Waals surface area (Å²) in [6.07, 6.45) is 2.15. The zero-order valence-electron chi connectivity index (χ0n) is 13.4. The van der Waals surface area contributed by atoms with Gasteiger partial charge in [0.25, 0.3) is 0 Å². The van der Waals surface area contributed by atoms with Gasteiger partial charge in [0.1, 0.15) is 5.75 Å². The van der Waals surface area contributed by atoms with Crippen LogP contribution in [-0.4, -0.2) is 33.6 Å². The molecule has 1 unspecified atom stereocenters. The molecule has 2 N–H and O–H groups in total. The highest BCUT2D eigenvalue weighted by Crippen LogP contribution is 2.66. The molecule has 1 aromatic carbocycles. The van der Waals surface area contributed by atoms with Crippen LogP contribution in [0.15, 0.2) is 23.3 Å². The van der Waals surface area contributed by atoms with Crippen LogP contribution in [0, 0.1) is 5.41 Å². The first-order valence-electron chi connectivity index (χ1n) is 7.54. The molecular formula is C16H21Br2N3O2. The molecule has 1 amide bonds. The molecule has 2 rings (SSSR count). The van der Waals surface area contributed by atoms with Crippen LogP contribution in [0.5, 0.6) is 5.75 Å². The van der Waals surface area contributed by atoms with Gasteiger partial charge in [-0.15, -0.1) is 0 Å². The lowest BCUT2D eigenvalue weighted by Crippen LogP contribution is -2.29. The van der Waals surface area contributed by atoms with E-state index in [2.05, 4.69) is 61.1 Å². The summed E-state index contributed by atoms with van der Waals surface area (Å²) in [6.45, 7) is 7.74. The van der Waals surface area contributed by atoms with Crippen LogP contribution in [0.4, 0.5) is 5.69 Å². The molecule has 1 aromatic rings. The Labute approximate surface area is 153 Å². The smallest absolute Gasteiger partial charge is 0.248 e. The Morgan fingerprint density at radius 2 is 2.04 bits per heavy atom. The van der Waals surface area contributed by atoms with Gasteiger partial charge in [-0.25, -0.2) is 5.43 Å². The van der Waals surface area contributed by atoms with E-state index in [1.807, 2.05) is 13.0 Å². The molecular weight excluding hydrogens is 426 g/mol. The van der Waals surface area contributed by atoms with Crippen molar-refractivity contribution < 1.29 is 9.90 Å². The number of aromatic hydroxyl groups is 1. The standard InChI is InChI=1S/C16H21Br2N3O2/c1-4-21(5-2)12-7-6-11(13(22)8-12)9-19-20-14(23)15(3)10-16(15,17)18/h6-9,22H,4-5,10H2,1-3H3,(H,20,23)/b19-9+. The molecule has 1 aliphatic carbocycles. The van der Waals surface area contributed by atoms with Crippen molar-refractivity contribution in [2.24, 2.45) is 10.5 Å². The molecule has 0 aromatic heterocycles. The van der Waals surface area contributed by atoms with Crippen molar-refractivity contribution in [1.82, 2.24) is 5.43 Å². The molecule has 0 radical (unpaired) electrons. The highest BCUT2D eigenvalue weighted by molar-refractivity contribution is 9.25. The Morgan fingerprint density at radius 3 is 2.52 bits per heavy atom. The molecule has 1 saturated carbocycles. The highest BCUT2D eigenvalue weighted by atomic mass is 79.9. The molecule has 0 saturated heterocycles. The number of amides is 1. The maximum absolute atomic E-state index is 12.1. The average molecular weight is 447 g/mol. The van der Waals surface area contributed by atoms with E-state index in [0.29, 0.717) is 12.0 Å². The summed E-state index contributed by atoms with van der Waals surface area (Å²) >= 11 is 6.90. The van der Waals surface area contributed by atoms with Crippen molar-refractivity contribution >= 4 is 49.7 Å². The number of nitrogens with one attached hydrogen (secondary N) is 1. The monoisotopic (exact) mass is 445 g/mol. The molecule has 0 heterocycles. The number of carbonyl (C=O) groups is 1. The number of carbonyl (C=O) groups excluding carboxylic acids is 1. The summed E-state index contributed by atoms with van der Waals surface area (Å²) in [4.78, 5) is 14.2. The minimum absolute atomic E-state index is 0.139. The number of hydrogen-bond donors (Lipinski definition) is 2. The van der Waals surface area contributed by atoms with Crippen LogP contribution in [0.25, 0.3) is 0 Å². The van der Waals surface area contributed by atoms with Crippen molar-refractivity contribution in [1.29, 1.82) is 0 Å². The first-order chi connectivity index (χ1) is 10.7. The number of phenolic OH excluding ortho intramolecular Hbond substituents is 1. The topological polar surface area (TPSA) is 64.9 Å². The van der Waals surface area contributed by atoms with E-state index < -0.39 is 5.41 Å². The van der Waals surface area contributed by atoms with Crippen molar-refractivity contribution in [3.8, 4) is 5.75 Å². The molecule has 5 nitrogen and oxygen atoms in total. The molecule has 1 fully saturated rings. The number of halogens is 2. The number of nitrogens with zero attached hydrogens (tertiary/aromatic N) is 2. The predicted octanol–water partition coefficient (Wildman–Crippen LogP) is 3.58. The maximum Gasteiger partial charge on any atom is 0.248 e. The predicted molar refractivity (Wildman–Crippen MR) is 101 cm³/mol. The van der Waals surface area contributed by atoms with Crippen molar-refractivity contribution in [2.75, 3.05) is 18.0 Å². The quantitative estimate of drug-likeness (QED) is 0.398. The third kappa shape index (κ3) is 3.71. The van der Waals surface area contributed by atoms with Gasteiger partial charge in [-0.3, -0.25) is 4.79 Å². The van der Waals surface area contributed by atoms with Gasteiger partial charge >= 0.3 is 0 Å². The minimum Gasteiger partial charge on any atom is -0.507 e. The normalized spacial score (nSPS) is 22.1. The molecule has 1 atom stereocenters. The molecule has 7 heteroatoms. The SMILES string of the molecule is CCN(CC)c1ccc(/C=N/NC(=O)C2(C)CC2(Br)Br)c(O)c1. The van der Waals surface area contributed by atoms with Crippen LogP contribution in [0.1, 0.15) is 32.8 Å². The third-order valence-corrected chi connectivity index (χ3v) is 6.58. The van der Waals surface area contributed by atoms with Gasteiger partial charge in [0.2, 0.25) is 5.91 Å². The van der Waals surface area contributed by atoms with Gasteiger partial charge < -0.3 is 10.0 Å². The van der Waals surface area contributed by atoms with Crippen LogP contribution >= 0.6 is 31.9 Å². The van der Waals surface area contributed by atoms with Crippen molar-refractivity contribution in [3.05, 3.63) is 23.8 Å². The zero-order valence-corrected chi connectivity index (χ0v) is 16.6. The molecule has 0 bridgehead atoms. The van der Waals surface area contributed by atoms with Gasteiger partial charge in [-0.05, 0) is 39.3 Å². The van der Waals surface area contributed by atoms with E-state index in [0.717, 1.165) is 18.8 Å². The first kappa shape index (κ1) is 18.3. The number of anilines is 1. The number of benzene rings is 1. The second-order valence-corrected chi connectivity index (χ2v) is 9.60. The lowest BCUT2D eigenvalue weighted by Gasteiger charge is -2.21. The molecule has 1 aliphatic rings. The van der Waals surface area contributed by atoms with Gasteiger partial charge in [-0.2, -0.15) is 5.10 Å². The zero-order chi connectivity index (χ0) is 17.3. The van der Waals surface area contributed by atoms with Gasteiger partial charge in [0.15, 0.2) is 0 Å². The molecule has 23 heavy (non-hydrogen) atoms. The average Bonchev–Trinajstić information content (AvgIpc) is 3.02. The molecule has 126 valence electrons. The Balaban J connectivity index is 2.02. The Hall–Kier alpha value is -1.08. The Morgan fingerprint density at radius 1 is 1.43 bits per heavy atom. The number of phenols is 1. The van der Waals surface area contributed by atoms with E-state index in [1.165, 1.54) is 6.21 Å². The second kappa shape index (κ2) is 6.81. The summed E-state index contributed by atoms with van der Waals surface area (Å²) in [5, 5.41) is 14.1. The first-order valence-corrected chi connectivity index (χ1v) is 9.13. The summed E-state index contributed by atoms with van der Waals surface area (Å²) in [5.74, 6) is -0.0258. The highest BCUT2D eigenvalue weighted by Gasteiger charge is 2.66. The summed E-state index contributed by atoms with van der Waals surface area (Å²) < 4.78 is -0.347. The van der Waals surface area contributed by atoms with Crippen LogP contribution < -0.4 is 10.3 Å². The summed E-state index contributed by atoms with van der Waals surface area (Å²) in [6, 6.07) is 5.43. The fraction of sp³-hybridized carbons (Fsp3) is 0.500. The minimum atomic E-state index is -0.515. The van der Waals surface area contributed by atoms with Crippen LogP contribution in [0.3, 0.4) is 0 Å². The van der Waals surface area contributed by atoms with E-state index in [1.54, 1.807) is 12.1 Å². The molecule has 0 aliphatic heterocycles. The number of rotatable bonds is 6. The lowest BCUT2D eigenvalue weighted by molar-refractivity contribution is -0.125. The third-order valence-electron chi connectivity index (χ3n) is 4.27. The second-order valence-electron chi connectivity index (χ2n) is 5.83. The lowest BCUT2D eigenvalue weighted by atomic mass is 10.1. The van der Waals surface area contributed by atoms with E-state index in [4.69, 9.17) is 0 Å². The maximum atomic E-state index is 12.1. The fourth-order valence-corrected chi connectivity index (χ4v) is 3.84. The molecule has 0 spiro atoms. The number of alkyl halides is 2. The van der Waals surface area contributed by atoms with Gasteiger partial charge in [0.05, 0.1) is 14.9 Å². The summed E-state index contributed by atoms with van der Waals surface area (Å²) in [7, 11) is 0. The number of hydrogen-bond acceptors (Lipinski definition) is 4. The Bertz CT molecular complexity index is 630. The number of hydrazone groups is 1. The Kier molecular flexibility index (Phi) is 5.41. The van der Waals surface area contributed by atoms with Crippen molar-refractivity contribution in [2.45, 2.75) is 30.4 Å². The van der Waals surface area contributed by atoms with E-state index in [9.17, 15) is 9.90 Å². The van der Waals surface area contributed by atoms with Gasteiger partial charge in [0, 0.05) is 30.4 Å². The van der Waals surface area contributed by atoms with Crippen LogP contribution in [-0.2, 0) is 4.79 Å². The van der Waals surface area contributed by atoms with Crippen LogP contribution in [0.2, 0.25) is 0 Å². The van der Waals surface area contributed by atoms with Gasteiger partial charge in [-0.1, -0.05) is 31.9 Å². The largest absolute Gasteiger partial charge is 0.507 e.